The number of thiophene rings is 1. The van der Waals surface area contributed by atoms with Gasteiger partial charge in [0.2, 0.25) is 0 Å². The molecule has 4 rings (SSSR count). The third-order valence-corrected chi connectivity index (χ3v) is 8.00. The lowest BCUT2D eigenvalue weighted by atomic mass is 9.94. The summed E-state index contributed by atoms with van der Waals surface area (Å²) < 4.78 is 12.7. The van der Waals surface area contributed by atoms with Crippen molar-refractivity contribution in [1.82, 2.24) is 9.55 Å². The van der Waals surface area contributed by atoms with E-state index in [2.05, 4.69) is 13.8 Å². The van der Waals surface area contributed by atoms with Gasteiger partial charge in [0.1, 0.15) is 4.83 Å². The number of fused-ring (bicyclic) bond motifs is 3. The molecule has 2 aromatic heterocycles. The molecule has 6 nitrogen and oxygen atoms in total. The Labute approximate surface area is 179 Å². The molecule has 0 spiro atoms. The molecule has 0 aromatic carbocycles. The van der Waals surface area contributed by atoms with Gasteiger partial charge in [-0.25, -0.2) is 4.98 Å². The summed E-state index contributed by atoms with van der Waals surface area (Å²) in [6.45, 7) is 4.86. The highest BCUT2D eigenvalue weighted by molar-refractivity contribution is 7.99. The van der Waals surface area contributed by atoms with Gasteiger partial charge in [0.15, 0.2) is 5.16 Å². The molecule has 2 aromatic rings. The van der Waals surface area contributed by atoms with Crippen LogP contribution >= 0.6 is 23.1 Å². The van der Waals surface area contributed by atoms with Crippen molar-refractivity contribution in [3.8, 4) is 0 Å². The van der Waals surface area contributed by atoms with Crippen molar-refractivity contribution < 1.29 is 14.3 Å². The summed E-state index contributed by atoms with van der Waals surface area (Å²) in [4.78, 5) is 32.2. The number of thioether (sulfide) groups is 1. The van der Waals surface area contributed by atoms with Crippen LogP contribution in [0.1, 0.15) is 62.4 Å². The van der Waals surface area contributed by atoms with Gasteiger partial charge in [0, 0.05) is 17.3 Å². The van der Waals surface area contributed by atoms with Crippen molar-refractivity contribution in [1.29, 1.82) is 0 Å². The lowest BCUT2D eigenvalue weighted by Crippen LogP contribution is -2.31. The second-order valence-corrected chi connectivity index (χ2v) is 10.2. The monoisotopic (exact) mass is 436 g/mol. The van der Waals surface area contributed by atoms with Gasteiger partial charge < -0.3 is 9.47 Å². The largest absolute Gasteiger partial charge is 0.468 e. The van der Waals surface area contributed by atoms with E-state index in [-0.39, 0.29) is 29.4 Å². The average molecular weight is 437 g/mol. The summed E-state index contributed by atoms with van der Waals surface area (Å²) >= 11 is 2.86. The van der Waals surface area contributed by atoms with Gasteiger partial charge in [0.05, 0.1) is 31.0 Å². The number of carbonyl (C=O) groups excluding carboxylic acids is 1. The summed E-state index contributed by atoms with van der Waals surface area (Å²) in [7, 11) is 1.38. The number of hydrogen-bond donors (Lipinski definition) is 0. The number of aromatic nitrogens is 2. The minimum atomic E-state index is -0.307. The van der Waals surface area contributed by atoms with Gasteiger partial charge in [-0.05, 0) is 24.3 Å². The van der Waals surface area contributed by atoms with Crippen molar-refractivity contribution in [2.24, 2.45) is 5.92 Å². The topological polar surface area (TPSA) is 70.4 Å². The second kappa shape index (κ2) is 8.78. The predicted octanol–water partition coefficient (Wildman–Crippen LogP) is 4.33. The van der Waals surface area contributed by atoms with Crippen molar-refractivity contribution in [2.75, 3.05) is 12.9 Å². The third-order valence-electron chi connectivity index (χ3n) is 5.97. The lowest BCUT2D eigenvalue weighted by molar-refractivity contribution is -0.137. The van der Waals surface area contributed by atoms with E-state index < -0.39 is 0 Å². The van der Waals surface area contributed by atoms with E-state index in [1.807, 2.05) is 4.57 Å². The van der Waals surface area contributed by atoms with Gasteiger partial charge in [0.25, 0.3) is 5.56 Å². The normalized spacial score (nSPS) is 20.2. The number of methoxy groups -OCH3 is 1. The Morgan fingerprint density at radius 1 is 1.34 bits per heavy atom. The molecule has 29 heavy (non-hydrogen) atoms. The van der Waals surface area contributed by atoms with Crippen molar-refractivity contribution in [2.45, 2.75) is 76.3 Å². The van der Waals surface area contributed by atoms with Crippen LogP contribution in [0.25, 0.3) is 10.2 Å². The molecule has 1 unspecified atom stereocenters. The van der Waals surface area contributed by atoms with E-state index in [4.69, 9.17) is 14.5 Å². The van der Waals surface area contributed by atoms with Crippen LogP contribution in [0.2, 0.25) is 0 Å². The number of rotatable bonds is 5. The molecule has 1 aliphatic carbocycles. The van der Waals surface area contributed by atoms with Crippen molar-refractivity contribution in [3.05, 3.63) is 20.8 Å². The van der Waals surface area contributed by atoms with Crippen LogP contribution in [0.3, 0.4) is 0 Å². The zero-order valence-corrected chi connectivity index (χ0v) is 18.9. The molecule has 1 saturated carbocycles. The number of nitrogens with zero attached hydrogens (tertiary/aromatic N) is 2. The number of carbonyl (C=O) groups is 1. The first-order valence-corrected chi connectivity index (χ1v) is 12.2. The lowest BCUT2D eigenvalue weighted by Gasteiger charge is -2.27. The predicted molar refractivity (Wildman–Crippen MR) is 116 cm³/mol. The fourth-order valence-corrected chi connectivity index (χ4v) is 6.36. The smallest absolute Gasteiger partial charge is 0.316 e. The zero-order valence-electron chi connectivity index (χ0n) is 17.2. The molecule has 0 saturated heterocycles. The second-order valence-electron chi connectivity index (χ2n) is 8.21. The molecule has 3 heterocycles. The SMILES string of the molecule is COC(=O)CSc1nc2sc3c(c2c(=O)n1C1CCCCC1)CC(C(C)C)OC3. The highest BCUT2D eigenvalue weighted by atomic mass is 32.2. The Hall–Kier alpha value is -1.38. The van der Waals surface area contributed by atoms with E-state index in [1.54, 1.807) is 11.3 Å². The standard InChI is InChI=1S/C21H28N2O4S2/c1-12(2)15-9-14-16(10-27-15)29-19-18(14)20(25)23(13-7-5-4-6-8-13)21(22-19)28-11-17(24)26-3/h12-13,15H,4-11H2,1-3H3. The molecular weight excluding hydrogens is 408 g/mol. The first-order valence-electron chi connectivity index (χ1n) is 10.4. The number of esters is 1. The molecule has 1 fully saturated rings. The quantitative estimate of drug-likeness (QED) is 0.395. The van der Waals surface area contributed by atoms with Crippen molar-refractivity contribution >= 4 is 39.3 Å². The van der Waals surface area contributed by atoms with Crippen LogP contribution in [-0.4, -0.2) is 34.5 Å². The first kappa shape index (κ1) is 20.9. The molecule has 0 N–H and O–H groups in total. The van der Waals surface area contributed by atoms with Gasteiger partial charge in [-0.1, -0.05) is 44.9 Å². The average Bonchev–Trinajstić information content (AvgIpc) is 3.10. The summed E-state index contributed by atoms with van der Waals surface area (Å²) in [6, 6.07) is 0.157. The fraction of sp³-hybridized carbons (Fsp3) is 0.667. The third kappa shape index (κ3) is 4.11. The molecule has 1 atom stereocenters. The Kier molecular flexibility index (Phi) is 6.32. The summed E-state index contributed by atoms with van der Waals surface area (Å²) in [6.07, 6.45) is 6.35. The minimum absolute atomic E-state index is 0.0520. The Morgan fingerprint density at radius 2 is 2.10 bits per heavy atom. The molecule has 158 valence electrons. The first-order chi connectivity index (χ1) is 14.0. The van der Waals surface area contributed by atoms with Gasteiger partial charge in [-0.15, -0.1) is 11.3 Å². The number of ether oxygens (including phenoxy) is 2. The van der Waals surface area contributed by atoms with E-state index in [0.29, 0.717) is 17.7 Å². The van der Waals surface area contributed by atoms with Crippen LogP contribution in [0.5, 0.6) is 0 Å². The minimum Gasteiger partial charge on any atom is -0.468 e. The van der Waals surface area contributed by atoms with Crippen LogP contribution in [0, 0.1) is 5.92 Å². The highest BCUT2D eigenvalue weighted by Gasteiger charge is 2.30. The Morgan fingerprint density at radius 3 is 2.79 bits per heavy atom. The zero-order chi connectivity index (χ0) is 20.5. The van der Waals surface area contributed by atoms with Crippen LogP contribution in [0.15, 0.2) is 9.95 Å². The van der Waals surface area contributed by atoms with Crippen LogP contribution in [-0.2, 0) is 27.3 Å². The molecule has 2 aliphatic rings. The number of hydrogen-bond acceptors (Lipinski definition) is 7. The highest BCUT2D eigenvalue weighted by Crippen LogP contribution is 2.37. The van der Waals surface area contributed by atoms with E-state index in [1.165, 1.54) is 25.3 Å². The van der Waals surface area contributed by atoms with E-state index in [0.717, 1.165) is 52.8 Å². The maximum atomic E-state index is 13.7. The van der Waals surface area contributed by atoms with Gasteiger partial charge in [-0.3, -0.25) is 14.2 Å². The maximum absolute atomic E-state index is 13.7. The van der Waals surface area contributed by atoms with Gasteiger partial charge in [-0.2, -0.15) is 0 Å². The van der Waals surface area contributed by atoms with E-state index in [9.17, 15) is 9.59 Å². The maximum Gasteiger partial charge on any atom is 0.316 e. The molecule has 0 amide bonds. The summed E-state index contributed by atoms with van der Waals surface area (Å²) in [5.74, 6) is 0.254. The van der Waals surface area contributed by atoms with Crippen LogP contribution < -0.4 is 5.56 Å². The van der Waals surface area contributed by atoms with E-state index >= 15 is 0 Å². The summed E-state index contributed by atoms with van der Waals surface area (Å²) in [5, 5.41) is 1.41. The molecular formula is C21H28N2O4S2. The Bertz CT molecular complexity index is 960. The fourth-order valence-electron chi connectivity index (χ4n) is 4.29. The molecule has 0 radical (unpaired) electrons. The Balaban J connectivity index is 1.82. The van der Waals surface area contributed by atoms with Crippen LogP contribution in [0.4, 0.5) is 0 Å². The molecule has 1 aliphatic heterocycles. The molecule has 8 heteroatoms. The van der Waals surface area contributed by atoms with Gasteiger partial charge >= 0.3 is 5.97 Å². The van der Waals surface area contributed by atoms with Crippen molar-refractivity contribution in [3.63, 3.8) is 0 Å². The summed E-state index contributed by atoms with van der Waals surface area (Å²) in [5.41, 5.74) is 1.18. The molecule has 0 bridgehead atoms.